The van der Waals surface area contributed by atoms with Crippen LogP contribution in [-0.4, -0.2) is 44.4 Å². The molecule has 2 aromatic heterocycles. The van der Waals surface area contributed by atoms with Gasteiger partial charge in [-0.15, -0.1) is 0 Å². The molecule has 180 valence electrons. The minimum atomic E-state index is -0.965. The first kappa shape index (κ1) is 26.5. The topological polar surface area (TPSA) is 95.4 Å². The molecule has 33 heavy (non-hydrogen) atoms. The van der Waals surface area contributed by atoms with Gasteiger partial charge in [-0.05, 0) is 56.5 Å². The zero-order valence-corrected chi connectivity index (χ0v) is 19.8. The molecule has 7 nitrogen and oxygen atoms in total. The van der Waals surface area contributed by atoms with E-state index in [0.717, 1.165) is 50.0 Å². The molecule has 0 aliphatic rings. The van der Waals surface area contributed by atoms with Crippen LogP contribution in [0, 0.1) is 0 Å². The number of amides is 1. The minimum absolute atomic E-state index is 0.161. The van der Waals surface area contributed by atoms with Crippen LogP contribution in [0.1, 0.15) is 76.1 Å². The second-order valence-electron chi connectivity index (χ2n) is 8.47. The molecule has 0 spiro atoms. The van der Waals surface area contributed by atoms with Gasteiger partial charge in [-0.25, -0.2) is 4.79 Å². The number of aromatic nitrogens is 2. The Kier molecular flexibility index (Phi) is 12.8. The van der Waals surface area contributed by atoms with Gasteiger partial charge >= 0.3 is 5.97 Å². The standard InChI is InChI=1S/C26H38N4O3/c1-2-3-4-5-6-16-25(31)29-24(26(32)33)15-9-12-19-30(20-22-13-7-10-17-27-22)21-23-14-8-11-18-28-23/h7-8,10-11,13-14,17-18,24H,2-6,9,12,15-16,19-21H2,1H3,(H,29,31)(H,32,33). The Morgan fingerprint density at radius 3 is 2.09 bits per heavy atom. The number of pyridine rings is 2. The summed E-state index contributed by atoms with van der Waals surface area (Å²) in [6, 6.07) is 10.9. The Labute approximate surface area is 197 Å². The van der Waals surface area contributed by atoms with Crippen LogP contribution >= 0.6 is 0 Å². The monoisotopic (exact) mass is 454 g/mol. The van der Waals surface area contributed by atoms with Gasteiger partial charge in [-0.3, -0.25) is 19.7 Å². The molecule has 1 unspecified atom stereocenters. The van der Waals surface area contributed by atoms with Crippen LogP contribution in [0.2, 0.25) is 0 Å². The summed E-state index contributed by atoms with van der Waals surface area (Å²) >= 11 is 0. The van der Waals surface area contributed by atoms with Crippen molar-refractivity contribution in [2.24, 2.45) is 0 Å². The number of aliphatic carboxylic acids is 1. The fourth-order valence-corrected chi connectivity index (χ4v) is 3.75. The number of carbonyl (C=O) groups is 2. The average molecular weight is 455 g/mol. The van der Waals surface area contributed by atoms with Crippen molar-refractivity contribution >= 4 is 11.9 Å². The molecular weight excluding hydrogens is 416 g/mol. The molecule has 2 aromatic rings. The first-order chi connectivity index (χ1) is 16.1. The lowest BCUT2D eigenvalue weighted by Gasteiger charge is -2.22. The van der Waals surface area contributed by atoms with E-state index in [1.807, 2.05) is 36.4 Å². The van der Waals surface area contributed by atoms with Gasteiger partial charge in [-0.1, -0.05) is 44.7 Å². The molecule has 1 amide bonds. The summed E-state index contributed by atoms with van der Waals surface area (Å²) in [5, 5.41) is 12.2. The van der Waals surface area contributed by atoms with Crippen LogP contribution in [0.3, 0.4) is 0 Å². The van der Waals surface area contributed by atoms with Gasteiger partial charge in [0.2, 0.25) is 5.91 Å². The van der Waals surface area contributed by atoms with E-state index < -0.39 is 12.0 Å². The first-order valence-corrected chi connectivity index (χ1v) is 12.1. The molecule has 0 aliphatic carbocycles. The van der Waals surface area contributed by atoms with E-state index in [0.29, 0.717) is 32.4 Å². The molecule has 0 fully saturated rings. The van der Waals surface area contributed by atoms with Crippen molar-refractivity contribution in [2.45, 2.75) is 83.8 Å². The van der Waals surface area contributed by atoms with Gasteiger partial charge in [0.05, 0.1) is 11.4 Å². The molecule has 0 bridgehead atoms. The normalized spacial score (nSPS) is 11.9. The number of hydrogen-bond donors (Lipinski definition) is 2. The second kappa shape index (κ2) is 15.9. The second-order valence-corrected chi connectivity index (χ2v) is 8.47. The zero-order chi connectivity index (χ0) is 23.7. The molecule has 2 N–H and O–H groups in total. The summed E-state index contributed by atoms with van der Waals surface area (Å²) in [6.07, 6.45) is 11.2. The highest BCUT2D eigenvalue weighted by Gasteiger charge is 2.19. The Hall–Kier alpha value is -2.80. The van der Waals surface area contributed by atoms with Crippen LogP contribution < -0.4 is 5.32 Å². The maximum atomic E-state index is 12.1. The number of carbonyl (C=O) groups excluding carboxylic acids is 1. The van der Waals surface area contributed by atoms with E-state index in [-0.39, 0.29) is 5.91 Å². The van der Waals surface area contributed by atoms with E-state index in [9.17, 15) is 14.7 Å². The third kappa shape index (κ3) is 11.6. The highest BCUT2D eigenvalue weighted by molar-refractivity contribution is 5.83. The number of carboxylic acid groups (broad SMARTS) is 1. The SMILES string of the molecule is CCCCCCCC(=O)NC(CCCCN(Cc1ccccn1)Cc1ccccn1)C(=O)O. The van der Waals surface area contributed by atoms with Crippen molar-refractivity contribution in [1.29, 1.82) is 0 Å². The number of rotatable bonds is 17. The summed E-state index contributed by atoms with van der Waals surface area (Å²) < 4.78 is 0. The van der Waals surface area contributed by atoms with Crippen LogP contribution in [0.5, 0.6) is 0 Å². The quantitative estimate of drug-likeness (QED) is 0.340. The highest BCUT2D eigenvalue weighted by Crippen LogP contribution is 2.11. The van der Waals surface area contributed by atoms with Crippen LogP contribution in [0.25, 0.3) is 0 Å². The van der Waals surface area contributed by atoms with E-state index in [1.54, 1.807) is 12.4 Å². The predicted molar refractivity (Wildman–Crippen MR) is 129 cm³/mol. The largest absolute Gasteiger partial charge is 0.480 e. The molecular formula is C26H38N4O3. The molecule has 0 aromatic carbocycles. The van der Waals surface area contributed by atoms with Gasteiger partial charge < -0.3 is 10.4 Å². The first-order valence-electron chi connectivity index (χ1n) is 12.1. The number of nitrogens with one attached hydrogen (secondary N) is 1. The summed E-state index contributed by atoms with van der Waals surface area (Å²) in [5.41, 5.74) is 1.98. The maximum absolute atomic E-state index is 12.1. The van der Waals surface area contributed by atoms with Gasteiger partial charge in [0.15, 0.2) is 0 Å². The van der Waals surface area contributed by atoms with Crippen molar-refractivity contribution in [1.82, 2.24) is 20.2 Å². The summed E-state index contributed by atoms with van der Waals surface area (Å²) in [5.74, 6) is -1.13. The van der Waals surface area contributed by atoms with Crippen molar-refractivity contribution in [3.63, 3.8) is 0 Å². The lowest BCUT2D eigenvalue weighted by molar-refractivity contribution is -0.142. The van der Waals surface area contributed by atoms with Crippen molar-refractivity contribution in [3.05, 3.63) is 60.2 Å². The van der Waals surface area contributed by atoms with Crippen LogP contribution in [0.4, 0.5) is 0 Å². The van der Waals surface area contributed by atoms with E-state index in [2.05, 4.69) is 27.1 Å². The molecule has 0 aliphatic heterocycles. The minimum Gasteiger partial charge on any atom is -0.480 e. The maximum Gasteiger partial charge on any atom is 0.326 e. The summed E-state index contributed by atoms with van der Waals surface area (Å²) in [6.45, 7) is 4.36. The van der Waals surface area contributed by atoms with Gasteiger partial charge in [0, 0.05) is 31.9 Å². The molecule has 1 atom stereocenters. The Bertz CT molecular complexity index is 760. The fourth-order valence-electron chi connectivity index (χ4n) is 3.75. The summed E-state index contributed by atoms with van der Waals surface area (Å²) in [7, 11) is 0. The lowest BCUT2D eigenvalue weighted by atomic mass is 10.1. The Morgan fingerprint density at radius 2 is 1.55 bits per heavy atom. The molecule has 7 heteroatoms. The Balaban J connectivity index is 1.78. The van der Waals surface area contributed by atoms with Crippen LogP contribution in [0.15, 0.2) is 48.8 Å². The number of hydrogen-bond acceptors (Lipinski definition) is 5. The van der Waals surface area contributed by atoms with Gasteiger partial charge in [-0.2, -0.15) is 0 Å². The number of unbranched alkanes of at least 4 members (excludes halogenated alkanes) is 5. The molecule has 0 radical (unpaired) electrons. The third-order valence-corrected chi connectivity index (χ3v) is 5.58. The highest BCUT2D eigenvalue weighted by atomic mass is 16.4. The Morgan fingerprint density at radius 1 is 0.909 bits per heavy atom. The van der Waals surface area contributed by atoms with Crippen molar-refractivity contribution in [3.8, 4) is 0 Å². The van der Waals surface area contributed by atoms with E-state index >= 15 is 0 Å². The van der Waals surface area contributed by atoms with Crippen LogP contribution in [-0.2, 0) is 22.7 Å². The molecule has 2 rings (SSSR count). The molecule has 2 heterocycles. The third-order valence-electron chi connectivity index (χ3n) is 5.58. The predicted octanol–water partition coefficient (Wildman–Crippen LogP) is 4.58. The van der Waals surface area contributed by atoms with E-state index in [4.69, 9.17) is 0 Å². The fraction of sp³-hybridized carbons (Fsp3) is 0.538. The average Bonchev–Trinajstić information content (AvgIpc) is 2.82. The summed E-state index contributed by atoms with van der Waals surface area (Å²) in [4.78, 5) is 34.9. The van der Waals surface area contributed by atoms with Gasteiger partial charge in [0.1, 0.15) is 6.04 Å². The van der Waals surface area contributed by atoms with E-state index in [1.165, 1.54) is 6.42 Å². The molecule has 0 saturated heterocycles. The lowest BCUT2D eigenvalue weighted by Crippen LogP contribution is -2.40. The van der Waals surface area contributed by atoms with Crippen molar-refractivity contribution < 1.29 is 14.7 Å². The van der Waals surface area contributed by atoms with Gasteiger partial charge in [0.25, 0.3) is 0 Å². The zero-order valence-electron chi connectivity index (χ0n) is 19.8. The van der Waals surface area contributed by atoms with Crippen molar-refractivity contribution in [2.75, 3.05) is 6.54 Å². The number of nitrogens with zero attached hydrogens (tertiary/aromatic N) is 3. The smallest absolute Gasteiger partial charge is 0.326 e. The number of carboxylic acids is 1. The molecule has 0 saturated carbocycles.